The highest BCUT2D eigenvalue weighted by atomic mass is 16.2. The van der Waals surface area contributed by atoms with Gasteiger partial charge in [-0.3, -0.25) is 9.59 Å². The van der Waals surface area contributed by atoms with Crippen LogP contribution in [-0.2, 0) is 4.79 Å². The maximum atomic E-state index is 12.4. The Labute approximate surface area is 148 Å². The Morgan fingerprint density at radius 1 is 0.920 bits per heavy atom. The fraction of sp³-hybridized carbons (Fsp3) is 0.300. The molecule has 0 radical (unpaired) electrons. The minimum atomic E-state index is -0.200. The number of amides is 2. The van der Waals surface area contributed by atoms with Crippen molar-refractivity contribution in [3.8, 4) is 0 Å². The van der Waals surface area contributed by atoms with Gasteiger partial charge in [0.15, 0.2) is 0 Å². The van der Waals surface area contributed by atoms with Gasteiger partial charge in [-0.2, -0.15) is 0 Å². The van der Waals surface area contributed by atoms with Crippen molar-refractivity contribution in [1.29, 1.82) is 0 Å². The average Bonchev–Trinajstić information content (AvgIpc) is 2.67. The Morgan fingerprint density at radius 3 is 2.24 bits per heavy atom. The highest BCUT2D eigenvalue weighted by Gasteiger charge is 2.21. The number of hydrogen-bond donors (Lipinski definition) is 1. The number of carbonyl (C=O) groups excluding carboxylic acids is 2. The molecule has 1 N–H and O–H groups in total. The summed E-state index contributed by atoms with van der Waals surface area (Å²) in [5.74, 6) is -0.232. The van der Waals surface area contributed by atoms with E-state index in [1.165, 1.54) is 5.69 Å². The van der Waals surface area contributed by atoms with E-state index in [-0.39, 0.29) is 18.4 Å². The summed E-state index contributed by atoms with van der Waals surface area (Å²) < 4.78 is 0. The molecule has 1 aliphatic rings. The maximum Gasteiger partial charge on any atom is 0.251 e. The third-order valence-corrected chi connectivity index (χ3v) is 4.54. The number of benzene rings is 2. The SMILES string of the molecule is Cc1ccccc1C(=O)NCC(=O)N1CCN(c2ccccc2)CC1. The normalized spacial score (nSPS) is 14.3. The first-order chi connectivity index (χ1) is 12.1. The van der Waals surface area contributed by atoms with Gasteiger partial charge in [0.05, 0.1) is 6.54 Å². The molecule has 3 rings (SSSR count). The number of para-hydroxylation sites is 1. The zero-order valence-corrected chi connectivity index (χ0v) is 14.4. The van der Waals surface area contributed by atoms with Crippen LogP contribution in [0, 0.1) is 6.92 Å². The highest BCUT2D eigenvalue weighted by molar-refractivity contribution is 5.97. The Bertz CT molecular complexity index is 738. The highest BCUT2D eigenvalue weighted by Crippen LogP contribution is 2.15. The monoisotopic (exact) mass is 337 g/mol. The molecular formula is C20H23N3O2. The molecule has 0 spiro atoms. The third kappa shape index (κ3) is 4.18. The number of nitrogens with zero attached hydrogens (tertiary/aromatic N) is 2. The second-order valence-electron chi connectivity index (χ2n) is 6.20. The van der Waals surface area contributed by atoms with Crippen LogP contribution in [-0.4, -0.2) is 49.4 Å². The number of rotatable bonds is 4. The standard InChI is InChI=1S/C20H23N3O2/c1-16-7-5-6-10-18(16)20(25)21-15-19(24)23-13-11-22(12-14-23)17-8-3-2-4-9-17/h2-10H,11-15H2,1H3,(H,21,25). The quantitative estimate of drug-likeness (QED) is 0.929. The molecule has 2 aromatic carbocycles. The minimum Gasteiger partial charge on any atom is -0.368 e. The van der Waals surface area contributed by atoms with Crippen molar-refractivity contribution in [2.75, 3.05) is 37.6 Å². The predicted octanol–water partition coefficient (Wildman–Crippen LogP) is 2.07. The summed E-state index contributed by atoms with van der Waals surface area (Å²) in [4.78, 5) is 28.6. The van der Waals surface area contributed by atoms with E-state index in [1.807, 2.05) is 48.2 Å². The largest absolute Gasteiger partial charge is 0.368 e. The number of piperazine rings is 1. The van der Waals surface area contributed by atoms with Gasteiger partial charge >= 0.3 is 0 Å². The van der Waals surface area contributed by atoms with E-state index < -0.39 is 0 Å². The molecule has 0 unspecified atom stereocenters. The summed E-state index contributed by atoms with van der Waals surface area (Å²) in [7, 11) is 0. The summed E-state index contributed by atoms with van der Waals surface area (Å²) in [6.07, 6.45) is 0. The van der Waals surface area contributed by atoms with Gasteiger partial charge in [0.25, 0.3) is 5.91 Å². The Hall–Kier alpha value is -2.82. The van der Waals surface area contributed by atoms with Gasteiger partial charge in [-0.1, -0.05) is 36.4 Å². The second-order valence-corrected chi connectivity index (χ2v) is 6.20. The van der Waals surface area contributed by atoms with Crippen molar-refractivity contribution in [2.24, 2.45) is 0 Å². The molecule has 0 saturated carbocycles. The number of hydrogen-bond acceptors (Lipinski definition) is 3. The van der Waals surface area contributed by atoms with Crippen molar-refractivity contribution in [3.63, 3.8) is 0 Å². The smallest absolute Gasteiger partial charge is 0.251 e. The van der Waals surface area contributed by atoms with Crippen LogP contribution in [0.25, 0.3) is 0 Å². The first-order valence-electron chi connectivity index (χ1n) is 8.57. The molecule has 1 saturated heterocycles. The lowest BCUT2D eigenvalue weighted by Gasteiger charge is -2.36. The lowest BCUT2D eigenvalue weighted by molar-refractivity contribution is -0.130. The lowest BCUT2D eigenvalue weighted by Crippen LogP contribution is -2.51. The van der Waals surface area contributed by atoms with Gasteiger partial charge in [-0.05, 0) is 30.7 Å². The van der Waals surface area contributed by atoms with Gasteiger partial charge < -0.3 is 15.1 Å². The number of carbonyl (C=O) groups is 2. The van der Waals surface area contributed by atoms with Crippen LogP contribution in [0.1, 0.15) is 15.9 Å². The van der Waals surface area contributed by atoms with Gasteiger partial charge in [0, 0.05) is 37.4 Å². The molecule has 0 atom stereocenters. The van der Waals surface area contributed by atoms with Crippen LogP contribution >= 0.6 is 0 Å². The number of aryl methyl sites for hydroxylation is 1. The van der Waals surface area contributed by atoms with Crippen LogP contribution in [0.5, 0.6) is 0 Å². The summed E-state index contributed by atoms with van der Waals surface area (Å²) in [6, 6.07) is 17.6. The predicted molar refractivity (Wildman–Crippen MR) is 98.7 cm³/mol. The lowest BCUT2D eigenvalue weighted by atomic mass is 10.1. The molecule has 1 aliphatic heterocycles. The van der Waals surface area contributed by atoms with Crippen molar-refractivity contribution in [3.05, 3.63) is 65.7 Å². The van der Waals surface area contributed by atoms with E-state index in [9.17, 15) is 9.59 Å². The molecule has 5 nitrogen and oxygen atoms in total. The van der Waals surface area contributed by atoms with E-state index >= 15 is 0 Å². The summed E-state index contributed by atoms with van der Waals surface area (Å²) in [5.41, 5.74) is 2.70. The summed E-state index contributed by atoms with van der Waals surface area (Å²) in [6.45, 7) is 4.89. The first kappa shape index (κ1) is 17.0. The van der Waals surface area contributed by atoms with Gasteiger partial charge in [0.2, 0.25) is 5.91 Å². The van der Waals surface area contributed by atoms with E-state index in [4.69, 9.17) is 0 Å². The fourth-order valence-electron chi connectivity index (χ4n) is 3.04. The van der Waals surface area contributed by atoms with E-state index in [0.717, 1.165) is 18.7 Å². The van der Waals surface area contributed by atoms with Gasteiger partial charge in [0.1, 0.15) is 0 Å². The van der Waals surface area contributed by atoms with Crippen molar-refractivity contribution in [1.82, 2.24) is 10.2 Å². The van der Waals surface area contributed by atoms with Crippen molar-refractivity contribution < 1.29 is 9.59 Å². The third-order valence-electron chi connectivity index (χ3n) is 4.54. The van der Waals surface area contributed by atoms with Crippen LogP contribution in [0.15, 0.2) is 54.6 Å². The first-order valence-corrected chi connectivity index (χ1v) is 8.57. The number of nitrogens with one attached hydrogen (secondary N) is 1. The van der Waals surface area contributed by atoms with Crippen molar-refractivity contribution >= 4 is 17.5 Å². The molecule has 0 aliphatic carbocycles. The van der Waals surface area contributed by atoms with Crippen LogP contribution in [0.4, 0.5) is 5.69 Å². The van der Waals surface area contributed by atoms with Crippen LogP contribution < -0.4 is 10.2 Å². The molecule has 0 bridgehead atoms. The molecule has 1 fully saturated rings. The molecular weight excluding hydrogens is 314 g/mol. The van der Waals surface area contributed by atoms with Crippen LogP contribution in [0.2, 0.25) is 0 Å². The molecule has 2 amide bonds. The van der Waals surface area contributed by atoms with Gasteiger partial charge in [-0.15, -0.1) is 0 Å². The Balaban J connectivity index is 1.48. The Morgan fingerprint density at radius 2 is 1.56 bits per heavy atom. The van der Waals surface area contributed by atoms with E-state index in [2.05, 4.69) is 22.3 Å². The fourth-order valence-corrected chi connectivity index (χ4v) is 3.04. The molecule has 2 aromatic rings. The molecule has 5 heteroatoms. The molecule has 130 valence electrons. The maximum absolute atomic E-state index is 12.4. The molecule has 25 heavy (non-hydrogen) atoms. The average molecular weight is 337 g/mol. The van der Waals surface area contributed by atoms with Crippen molar-refractivity contribution in [2.45, 2.75) is 6.92 Å². The summed E-state index contributed by atoms with van der Waals surface area (Å²) in [5, 5.41) is 2.74. The van der Waals surface area contributed by atoms with E-state index in [1.54, 1.807) is 6.07 Å². The van der Waals surface area contributed by atoms with E-state index in [0.29, 0.717) is 18.7 Å². The topological polar surface area (TPSA) is 52.7 Å². The second kappa shape index (κ2) is 7.83. The molecule has 1 heterocycles. The zero-order valence-electron chi connectivity index (χ0n) is 14.4. The summed E-state index contributed by atoms with van der Waals surface area (Å²) >= 11 is 0. The molecule has 0 aromatic heterocycles. The number of anilines is 1. The van der Waals surface area contributed by atoms with Gasteiger partial charge in [-0.25, -0.2) is 0 Å². The van der Waals surface area contributed by atoms with Crippen LogP contribution in [0.3, 0.4) is 0 Å². The zero-order chi connectivity index (χ0) is 17.6. The Kier molecular flexibility index (Phi) is 5.33. The minimum absolute atomic E-state index is 0.0327.